The molecule has 1 aliphatic heterocycles. The molecule has 0 aromatic carbocycles. The average Bonchev–Trinajstić information content (AvgIpc) is 1.94. The molecule has 1 radical (unpaired) electrons. The van der Waals surface area contributed by atoms with Crippen LogP contribution in [0.3, 0.4) is 0 Å². The quantitative estimate of drug-likeness (QED) is 0.508. The molecule has 1 atom stereocenters. The van der Waals surface area contributed by atoms with E-state index >= 15 is 0 Å². The largest absolute Gasteiger partial charge is 0.851 e. The molecule has 0 amide bonds. The molecular weight excluding hydrogens is 142 g/mol. The van der Waals surface area contributed by atoms with Crippen LogP contribution in [0.5, 0.6) is 0 Å². The molecule has 0 aromatic heterocycles. The molecule has 3 heteroatoms. The van der Waals surface area contributed by atoms with Crippen LogP contribution in [0.1, 0.15) is 34.1 Å². The van der Waals surface area contributed by atoms with E-state index in [4.69, 9.17) is 0 Å². The maximum Gasteiger partial charge on any atom is 0.0433 e. The van der Waals surface area contributed by atoms with Gasteiger partial charge in [-0.15, -0.1) is 16.4 Å². The Morgan fingerprint density at radius 1 is 1.36 bits per heavy atom. The Morgan fingerprint density at radius 3 is 1.91 bits per heavy atom. The van der Waals surface area contributed by atoms with Crippen LogP contribution in [-0.2, 0) is 5.21 Å². The van der Waals surface area contributed by atoms with Crippen molar-refractivity contribution in [3.63, 3.8) is 0 Å². The van der Waals surface area contributed by atoms with E-state index in [1.807, 2.05) is 13.8 Å². The number of hydrogen-bond donors (Lipinski definition) is 0. The first-order valence-electron chi connectivity index (χ1n) is 3.92. The fraction of sp³-hybridized carbons (Fsp3) is 1.00. The van der Waals surface area contributed by atoms with Gasteiger partial charge in [0.15, 0.2) is 0 Å². The second-order valence-electron chi connectivity index (χ2n) is 4.45. The normalized spacial score (nSPS) is 36.0. The maximum atomic E-state index is 11.5. The van der Waals surface area contributed by atoms with E-state index in [1.54, 1.807) is 13.8 Å². The van der Waals surface area contributed by atoms with E-state index in [9.17, 15) is 10.3 Å². The van der Waals surface area contributed by atoms with Crippen LogP contribution in [0.2, 0.25) is 0 Å². The highest BCUT2D eigenvalue weighted by atomic mass is 16.5. The van der Waals surface area contributed by atoms with Crippen molar-refractivity contribution in [2.45, 2.75) is 51.3 Å². The van der Waals surface area contributed by atoms with Crippen molar-refractivity contribution in [2.24, 2.45) is 0 Å². The van der Waals surface area contributed by atoms with Crippen LogP contribution in [0.15, 0.2) is 0 Å². The summed E-state index contributed by atoms with van der Waals surface area (Å²) in [5, 5.41) is 23.8. The van der Waals surface area contributed by atoms with Crippen molar-refractivity contribution in [3.8, 4) is 0 Å². The standard InChI is InChI=1S/C8H15NO2/c1-7(2)5-6(10)8(3,4)9(7)11/h6H,5H2,1-4H3/q-1. The minimum atomic E-state index is -0.755. The van der Waals surface area contributed by atoms with Crippen molar-refractivity contribution in [1.82, 2.24) is 5.06 Å². The lowest BCUT2D eigenvalue weighted by atomic mass is 9.98. The van der Waals surface area contributed by atoms with E-state index < -0.39 is 17.2 Å². The zero-order chi connectivity index (χ0) is 8.86. The van der Waals surface area contributed by atoms with Crippen LogP contribution >= 0.6 is 0 Å². The van der Waals surface area contributed by atoms with E-state index in [0.717, 1.165) is 5.06 Å². The highest BCUT2D eigenvalue weighted by Crippen LogP contribution is 2.37. The van der Waals surface area contributed by atoms with Gasteiger partial charge in [0, 0.05) is 11.1 Å². The molecule has 11 heavy (non-hydrogen) atoms. The Labute approximate surface area is 67.6 Å². The fourth-order valence-electron chi connectivity index (χ4n) is 1.70. The Balaban J connectivity index is 2.89. The maximum absolute atomic E-state index is 11.5. The van der Waals surface area contributed by atoms with Gasteiger partial charge in [-0.2, -0.15) is 0 Å². The van der Waals surface area contributed by atoms with Gasteiger partial charge in [0.1, 0.15) is 0 Å². The molecule has 65 valence electrons. The van der Waals surface area contributed by atoms with Gasteiger partial charge < -0.3 is 5.11 Å². The Kier molecular flexibility index (Phi) is 1.78. The summed E-state index contributed by atoms with van der Waals surface area (Å²) in [4.78, 5) is 0. The summed E-state index contributed by atoms with van der Waals surface area (Å²) in [7, 11) is 0. The Bertz CT molecular complexity index is 165. The summed E-state index contributed by atoms with van der Waals surface area (Å²) in [6.07, 6.45) is -0.307. The van der Waals surface area contributed by atoms with E-state index in [1.165, 1.54) is 0 Å². The van der Waals surface area contributed by atoms with Gasteiger partial charge in [-0.1, -0.05) is 0 Å². The Morgan fingerprint density at radius 2 is 1.82 bits per heavy atom. The van der Waals surface area contributed by atoms with E-state index in [2.05, 4.69) is 0 Å². The van der Waals surface area contributed by atoms with Gasteiger partial charge in [0.25, 0.3) is 0 Å². The SMILES string of the molecule is CC1(C)CC([O-])C(C)(C)N1[O]. The summed E-state index contributed by atoms with van der Waals surface area (Å²) >= 11 is 0. The first-order chi connectivity index (χ1) is 4.78. The highest BCUT2D eigenvalue weighted by molar-refractivity contribution is 5.01. The number of hydroxylamine groups is 2. The van der Waals surface area contributed by atoms with Gasteiger partial charge in [-0.05, 0) is 34.1 Å². The van der Waals surface area contributed by atoms with Crippen LogP contribution in [0, 0.1) is 0 Å². The first kappa shape index (κ1) is 8.97. The molecule has 1 fully saturated rings. The van der Waals surface area contributed by atoms with Crippen molar-refractivity contribution >= 4 is 0 Å². The molecule has 3 nitrogen and oxygen atoms in total. The first-order valence-corrected chi connectivity index (χ1v) is 3.92. The monoisotopic (exact) mass is 157 g/mol. The summed E-state index contributed by atoms with van der Waals surface area (Å²) in [5.74, 6) is 0. The van der Waals surface area contributed by atoms with E-state index in [0.29, 0.717) is 6.42 Å². The van der Waals surface area contributed by atoms with E-state index in [-0.39, 0.29) is 0 Å². The Hall–Kier alpha value is -0.120. The van der Waals surface area contributed by atoms with Gasteiger partial charge in [-0.25, -0.2) is 0 Å². The number of hydrogen-bond acceptors (Lipinski definition) is 2. The van der Waals surface area contributed by atoms with Crippen LogP contribution in [0.4, 0.5) is 0 Å². The molecule has 0 bridgehead atoms. The summed E-state index contributed by atoms with van der Waals surface area (Å²) < 4.78 is 0. The smallest absolute Gasteiger partial charge is 0.0433 e. The lowest BCUT2D eigenvalue weighted by Gasteiger charge is -2.36. The molecule has 1 heterocycles. The minimum Gasteiger partial charge on any atom is -0.851 e. The molecule has 0 aliphatic carbocycles. The molecule has 1 unspecified atom stereocenters. The predicted octanol–water partition coefficient (Wildman–Crippen LogP) is 0.324. The fourth-order valence-corrected chi connectivity index (χ4v) is 1.70. The molecule has 0 spiro atoms. The van der Waals surface area contributed by atoms with Crippen molar-refractivity contribution in [3.05, 3.63) is 0 Å². The van der Waals surface area contributed by atoms with Crippen LogP contribution in [0.25, 0.3) is 0 Å². The average molecular weight is 157 g/mol. The molecule has 1 aliphatic rings. The summed E-state index contributed by atoms with van der Waals surface area (Å²) in [5.41, 5.74) is -1.21. The van der Waals surface area contributed by atoms with Crippen molar-refractivity contribution < 1.29 is 10.3 Å². The number of nitrogens with zero attached hydrogens (tertiary/aromatic N) is 1. The molecule has 1 rings (SSSR count). The highest BCUT2D eigenvalue weighted by Gasteiger charge is 2.47. The van der Waals surface area contributed by atoms with Crippen LogP contribution in [-0.4, -0.2) is 22.2 Å². The molecular formula is C8H15NO2-. The molecule has 1 saturated heterocycles. The molecule has 0 aromatic rings. The van der Waals surface area contributed by atoms with Crippen LogP contribution < -0.4 is 5.11 Å². The van der Waals surface area contributed by atoms with Gasteiger partial charge in [0.2, 0.25) is 0 Å². The topological polar surface area (TPSA) is 46.2 Å². The summed E-state index contributed by atoms with van der Waals surface area (Å²) in [6.45, 7) is 7.07. The third-order valence-corrected chi connectivity index (χ3v) is 2.55. The third-order valence-electron chi connectivity index (χ3n) is 2.55. The third kappa shape index (κ3) is 1.17. The molecule has 0 saturated carbocycles. The lowest BCUT2D eigenvalue weighted by Crippen LogP contribution is -2.50. The second kappa shape index (κ2) is 2.19. The zero-order valence-corrected chi connectivity index (χ0v) is 7.55. The van der Waals surface area contributed by atoms with Gasteiger partial charge >= 0.3 is 0 Å². The zero-order valence-electron chi connectivity index (χ0n) is 7.55. The lowest BCUT2D eigenvalue weighted by molar-refractivity contribution is -0.441. The van der Waals surface area contributed by atoms with Crippen molar-refractivity contribution in [1.29, 1.82) is 0 Å². The second-order valence-corrected chi connectivity index (χ2v) is 4.45. The summed E-state index contributed by atoms with van der Waals surface area (Å²) in [6, 6.07) is 0. The van der Waals surface area contributed by atoms with Gasteiger partial charge in [0.05, 0.1) is 0 Å². The van der Waals surface area contributed by atoms with Gasteiger partial charge in [-0.3, -0.25) is 0 Å². The number of rotatable bonds is 0. The van der Waals surface area contributed by atoms with Crippen molar-refractivity contribution in [2.75, 3.05) is 0 Å². The molecule has 0 N–H and O–H groups in total. The predicted molar refractivity (Wildman–Crippen MR) is 39.1 cm³/mol. The minimum absolute atomic E-state index is 0.448.